The minimum absolute atomic E-state index is 0.120. The fraction of sp³-hybridized carbons (Fsp3) is 0.286. The number of benzene rings is 2. The first kappa shape index (κ1) is 18.6. The lowest BCUT2D eigenvalue weighted by Crippen LogP contribution is -2.20. The van der Waals surface area contributed by atoms with Crippen molar-refractivity contribution in [1.82, 2.24) is 14.8 Å². The minimum Gasteiger partial charge on any atom is -0.495 e. The summed E-state index contributed by atoms with van der Waals surface area (Å²) in [6.45, 7) is 1.98. The van der Waals surface area contributed by atoms with E-state index in [9.17, 15) is 4.79 Å². The molecule has 2 aromatic carbocycles. The first-order valence-corrected chi connectivity index (χ1v) is 10.1. The van der Waals surface area contributed by atoms with Gasteiger partial charge in [-0.05, 0) is 43.0 Å². The number of nitrogens with one attached hydrogen (secondary N) is 1. The van der Waals surface area contributed by atoms with Gasteiger partial charge in [0.15, 0.2) is 5.16 Å². The predicted molar refractivity (Wildman–Crippen MR) is 110 cm³/mol. The Morgan fingerprint density at radius 3 is 2.75 bits per heavy atom. The Morgan fingerprint density at radius 1 is 1.25 bits per heavy atom. The third kappa shape index (κ3) is 4.04. The van der Waals surface area contributed by atoms with Crippen molar-refractivity contribution >= 4 is 23.4 Å². The summed E-state index contributed by atoms with van der Waals surface area (Å²) >= 11 is 1.42. The van der Waals surface area contributed by atoms with E-state index >= 15 is 0 Å². The molecule has 1 heterocycles. The molecule has 1 amide bonds. The van der Waals surface area contributed by atoms with Gasteiger partial charge in [0.2, 0.25) is 5.91 Å². The van der Waals surface area contributed by atoms with Crippen LogP contribution in [0.4, 0.5) is 5.69 Å². The van der Waals surface area contributed by atoms with Crippen molar-refractivity contribution < 1.29 is 9.53 Å². The van der Waals surface area contributed by atoms with Crippen molar-refractivity contribution in [2.24, 2.45) is 0 Å². The molecule has 1 aliphatic carbocycles. The van der Waals surface area contributed by atoms with E-state index in [1.807, 2.05) is 55.5 Å². The van der Waals surface area contributed by atoms with Crippen LogP contribution in [0.25, 0.3) is 0 Å². The average Bonchev–Trinajstić information content (AvgIpc) is 3.45. The number of hydrogen-bond acceptors (Lipinski definition) is 5. The molecule has 1 fully saturated rings. The molecule has 7 heteroatoms. The number of thioether (sulfide) groups is 1. The normalized spacial score (nSPS) is 14.5. The van der Waals surface area contributed by atoms with Crippen molar-refractivity contribution in [1.29, 1.82) is 0 Å². The van der Waals surface area contributed by atoms with E-state index < -0.39 is 5.25 Å². The highest BCUT2D eigenvalue weighted by Gasteiger charge is 2.30. The number of nitrogens with zero attached hydrogens (tertiary/aromatic N) is 3. The summed E-state index contributed by atoms with van der Waals surface area (Å²) in [6.07, 6.45) is 4.02. The van der Waals surface area contributed by atoms with Crippen LogP contribution in [0, 0.1) is 6.92 Å². The van der Waals surface area contributed by atoms with E-state index in [1.165, 1.54) is 11.8 Å². The molecule has 0 bridgehead atoms. The Kier molecular flexibility index (Phi) is 5.34. The smallest absolute Gasteiger partial charge is 0.242 e. The number of aryl methyl sites for hydroxylation is 1. The predicted octanol–water partition coefficient (Wildman–Crippen LogP) is 4.40. The number of anilines is 1. The number of hydrogen-bond donors (Lipinski definition) is 1. The third-order valence-electron chi connectivity index (χ3n) is 4.66. The first-order valence-electron chi connectivity index (χ1n) is 9.22. The molecule has 6 nitrogen and oxygen atoms in total. The molecule has 1 unspecified atom stereocenters. The molecule has 3 aromatic rings. The maximum absolute atomic E-state index is 13.3. The van der Waals surface area contributed by atoms with Crippen LogP contribution in [0.5, 0.6) is 5.75 Å². The lowest BCUT2D eigenvalue weighted by Gasteiger charge is -2.18. The Bertz CT molecular complexity index is 970. The Hall–Kier alpha value is -2.80. The summed E-state index contributed by atoms with van der Waals surface area (Å²) in [5, 5.41) is 11.7. The average molecular weight is 395 g/mol. The van der Waals surface area contributed by atoms with Gasteiger partial charge in [-0.2, -0.15) is 0 Å². The van der Waals surface area contributed by atoms with Crippen LogP contribution in [0.15, 0.2) is 60.0 Å². The number of ether oxygens (including phenoxy) is 1. The fourth-order valence-corrected chi connectivity index (χ4v) is 4.13. The van der Waals surface area contributed by atoms with Crippen LogP contribution in [-0.2, 0) is 4.79 Å². The highest BCUT2D eigenvalue weighted by Crippen LogP contribution is 2.41. The monoisotopic (exact) mass is 394 g/mol. The molecule has 0 spiro atoms. The van der Waals surface area contributed by atoms with Gasteiger partial charge in [0.25, 0.3) is 0 Å². The van der Waals surface area contributed by atoms with E-state index in [1.54, 1.807) is 13.4 Å². The van der Waals surface area contributed by atoms with Gasteiger partial charge in [-0.25, -0.2) is 0 Å². The van der Waals surface area contributed by atoms with E-state index in [4.69, 9.17) is 4.74 Å². The largest absolute Gasteiger partial charge is 0.495 e. The van der Waals surface area contributed by atoms with E-state index in [0.29, 0.717) is 17.5 Å². The van der Waals surface area contributed by atoms with Gasteiger partial charge in [-0.3, -0.25) is 4.79 Å². The molecule has 144 valence electrons. The zero-order valence-electron chi connectivity index (χ0n) is 15.8. The SMILES string of the molecule is COc1ccc(C)cc1NC(=O)C(Sc1nncn1C1CC1)c1ccccc1. The zero-order chi connectivity index (χ0) is 19.5. The van der Waals surface area contributed by atoms with Gasteiger partial charge in [-0.1, -0.05) is 48.2 Å². The van der Waals surface area contributed by atoms with Crippen molar-refractivity contribution in [2.75, 3.05) is 12.4 Å². The molecule has 0 saturated heterocycles. The number of aromatic nitrogens is 3. The molecular formula is C21H22N4O2S. The van der Waals surface area contributed by atoms with E-state index in [0.717, 1.165) is 29.1 Å². The third-order valence-corrected chi connectivity index (χ3v) is 5.88. The summed E-state index contributed by atoms with van der Waals surface area (Å²) in [5.41, 5.74) is 2.63. The van der Waals surface area contributed by atoms with Crippen LogP contribution < -0.4 is 10.1 Å². The quantitative estimate of drug-likeness (QED) is 0.602. The molecule has 4 rings (SSSR count). The van der Waals surface area contributed by atoms with Gasteiger partial charge in [0.1, 0.15) is 17.3 Å². The highest BCUT2D eigenvalue weighted by atomic mass is 32.2. The Labute approximate surface area is 168 Å². The number of carbonyl (C=O) groups is 1. The molecule has 1 atom stereocenters. The number of methoxy groups -OCH3 is 1. The van der Waals surface area contributed by atoms with Crippen LogP contribution in [0.1, 0.15) is 35.3 Å². The second kappa shape index (κ2) is 8.06. The van der Waals surface area contributed by atoms with E-state index in [-0.39, 0.29) is 5.91 Å². The highest BCUT2D eigenvalue weighted by molar-refractivity contribution is 8.00. The lowest BCUT2D eigenvalue weighted by atomic mass is 10.1. The van der Waals surface area contributed by atoms with Gasteiger partial charge >= 0.3 is 0 Å². The van der Waals surface area contributed by atoms with Crippen molar-refractivity contribution in [3.8, 4) is 5.75 Å². The van der Waals surface area contributed by atoms with Gasteiger partial charge in [0, 0.05) is 6.04 Å². The second-order valence-corrected chi connectivity index (χ2v) is 7.93. The minimum atomic E-state index is -0.451. The second-order valence-electron chi connectivity index (χ2n) is 6.85. The summed E-state index contributed by atoms with van der Waals surface area (Å²) in [6, 6.07) is 15.9. The molecule has 1 aromatic heterocycles. The lowest BCUT2D eigenvalue weighted by molar-refractivity contribution is -0.115. The Balaban J connectivity index is 1.63. The van der Waals surface area contributed by atoms with Gasteiger partial charge < -0.3 is 14.6 Å². The van der Waals surface area contributed by atoms with Crippen LogP contribution >= 0.6 is 11.8 Å². The first-order chi connectivity index (χ1) is 13.7. The fourth-order valence-electron chi connectivity index (χ4n) is 3.04. The molecule has 28 heavy (non-hydrogen) atoms. The number of carbonyl (C=O) groups excluding carboxylic acids is 1. The number of amides is 1. The van der Waals surface area contributed by atoms with Crippen LogP contribution in [0.3, 0.4) is 0 Å². The molecule has 1 saturated carbocycles. The van der Waals surface area contributed by atoms with E-state index in [2.05, 4.69) is 20.1 Å². The summed E-state index contributed by atoms with van der Waals surface area (Å²) in [5.74, 6) is 0.516. The zero-order valence-corrected chi connectivity index (χ0v) is 16.6. The maximum atomic E-state index is 13.3. The van der Waals surface area contributed by atoms with Crippen molar-refractivity contribution in [3.05, 3.63) is 66.0 Å². The van der Waals surface area contributed by atoms with Crippen LogP contribution in [-0.4, -0.2) is 27.8 Å². The molecule has 0 radical (unpaired) electrons. The number of rotatable bonds is 7. The van der Waals surface area contributed by atoms with Gasteiger partial charge in [0.05, 0.1) is 12.8 Å². The van der Waals surface area contributed by atoms with Crippen molar-refractivity contribution in [2.45, 2.75) is 36.2 Å². The summed E-state index contributed by atoms with van der Waals surface area (Å²) in [4.78, 5) is 13.3. The van der Waals surface area contributed by atoms with Crippen LogP contribution in [0.2, 0.25) is 0 Å². The standard InChI is InChI=1S/C21H22N4O2S/c1-14-8-11-18(27-2)17(12-14)23-20(26)19(15-6-4-3-5-7-15)28-21-24-22-13-25(21)16-9-10-16/h3-8,11-13,16,19H,9-10H2,1-2H3,(H,23,26). The van der Waals surface area contributed by atoms with Gasteiger partial charge in [-0.15, -0.1) is 10.2 Å². The topological polar surface area (TPSA) is 69.0 Å². The molecule has 1 aliphatic rings. The maximum Gasteiger partial charge on any atom is 0.242 e. The molecule has 0 aliphatic heterocycles. The van der Waals surface area contributed by atoms with Crippen molar-refractivity contribution in [3.63, 3.8) is 0 Å². The summed E-state index contributed by atoms with van der Waals surface area (Å²) < 4.78 is 7.47. The summed E-state index contributed by atoms with van der Waals surface area (Å²) in [7, 11) is 1.60. The molecular weight excluding hydrogens is 372 g/mol. The molecule has 1 N–H and O–H groups in total. The Morgan fingerprint density at radius 2 is 2.04 bits per heavy atom.